The summed E-state index contributed by atoms with van der Waals surface area (Å²) in [4.78, 5) is 24.9. The number of amides is 1. The predicted molar refractivity (Wildman–Crippen MR) is 108 cm³/mol. The number of para-hydroxylation sites is 1. The van der Waals surface area contributed by atoms with Crippen molar-refractivity contribution in [2.45, 2.75) is 6.42 Å². The summed E-state index contributed by atoms with van der Waals surface area (Å²) in [5, 5.41) is 4.46. The Hall–Kier alpha value is -3.41. The van der Waals surface area contributed by atoms with Gasteiger partial charge >= 0.3 is 0 Å². The van der Waals surface area contributed by atoms with Crippen LogP contribution in [0.3, 0.4) is 0 Å². The zero-order chi connectivity index (χ0) is 19.8. The van der Waals surface area contributed by atoms with Crippen molar-refractivity contribution in [1.82, 2.24) is 14.5 Å². The molecule has 2 heterocycles. The third kappa shape index (κ3) is 3.07. The number of rotatable bonds is 4. The van der Waals surface area contributed by atoms with E-state index in [1.807, 2.05) is 42.1 Å². The largest absolute Gasteiger partial charge is 0.352 e. The fourth-order valence-corrected chi connectivity index (χ4v) is 3.65. The lowest BCUT2D eigenvalue weighted by molar-refractivity contribution is 0.0955. The van der Waals surface area contributed by atoms with Gasteiger partial charge in [-0.15, -0.1) is 0 Å². The molecule has 4 rings (SSSR count). The van der Waals surface area contributed by atoms with Gasteiger partial charge in [-0.25, -0.2) is 4.39 Å². The number of aryl methyl sites for hydroxylation is 2. The number of halogens is 1. The van der Waals surface area contributed by atoms with Crippen molar-refractivity contribution >= 4 is 27.7 Å². The van der Waals surface area contributed by atoms with Gasteiger partial charge in [-0.3, -0.25) is 9.59 Å². The highest BCUT2D eigenvalue weighted by atomic mass is 19.1. The van der Waals surface area contributed by atoms with Crippen molar-refractivity contribution in [2.75, 3.05) is 6.54 Å². The molecule has 5 nitrogen and oxygen atoms in total. The highest BCUT2D eigenvalue weighted by Gasteiger charge is 2.14. The maximum absolute atomic E-state index is 13.6. The Bertz CT molecular complexity index is 1270. The number of fused-ring (bicyclic) bond motifs is 2. The van der Waals surface area contributed by atoms with Gasteiger partial charge in [0.15, 0.2) is 0 Å². The molecule has 2 aromatic carbocycles. The molecule has 1 N–H and O–H groups in total. The molecule has 0 aliphatic rings. The smallest absolute Gasteiger partial charge is 0.252 e. The Morgan fingerprint density at radius 2 is 1.82 bits per heavy atom. The molecule has 0 bridgehead atoms. The molecular formula is C22H20FN3O2. The quantitative estimate of drug-likeness (QED) is 0.594. The molecule has 4 aromatic rings. The first-order chi connectivity index (χ1) is 13.5. The van der Waals surface area contributed by atoms with Crippen LogP contribution in [-0.4, -0.2) is 21.6 Å². The van der Waals surface area contributed by atoms with E-state index in [9.17, 15) is 14.0 Å². The number of benzene rings is 2. The monoisotopic (exact) mass is 377 g/mol. The van der Waals surface area contributed by atoms with Gasteiger partial charge in [-0.05, 0) is 36.2 Å². The molecule has 142 valence electrons. The van der Waals surface area contributed by atoms with E-state index in [0.717, 1.165) is 21.9 Å². The first-order valence-corrected chi connectivity index (χ1v) is 9.06. The average molecular weight is 377 g/mol. The number of nitrogens with one attached hydrogen (secondary N) is 1. The van der Waals surface area contributed by atoms with Crippen LogP contribution in [0.15, 0.2) is 59.5 Å². The van der Waals surface area contributed by atoms with E-state index in [1.165, 1.54) is 22.8 Å². The lowest BCUT2D eigenvalue weighted by Gasteiger charge is -2.10. The van der Waals surface area contributed by atoms with Crippen molar-refractivity contribution in [2.24, 2.45) is 14.1 Å². The fraction of sp³-hybridized carbons (Fsp3) is 0.182. The van der Waals surface area contributed by atoms with Crippen LogP contribution in [0, 0.1) is 5.82 Å². The number of carbonyl (C=O) groups is 1. The van der Waals surface area contributed by atoms with Gasteiger partial charge in [0.25, 0.3) is 11.5 Å². The molecule has 0 saturated carbocycles. The number of hydrogen-bond acceptors (Lipinski definition) is 2. The first-order valence-electron chi connectivity index (χ1n) is 9.06. The van der Waals surface area contributed by atoms with Crippen LogP contribution in [0.25, 0.3) is 21.8 Å². The summed E-state index contributed by atoms with van der Waals surface area (Å²) in [6.07, 6.45) is 2.51. The second kappa shape index (κ2) is 6.96. The summed E-state index contributed by atoms with van der Waals surface area (Å²) in [6.45, 7) is 0.387. The van der Waals surface area contributed by atoms with E-state index < -0.39 is 0 Å². The van der Waals surface area contributed by atoms with Crippen molar-refractivity contribution < 1.29 is 9.18 Å². The summed E-state index contributed by atoms with van der Waals surface area (Å²) in [5.74, 6) is -0.573. The van der Waals surface area contributed by atoms with Crippen molar-refractivity contribution in [3.63, 3.8) is 0 Å². The lowest BCUT2D eigenvalue weighted by atomic mass is 10.1. The Morgan fingerprint density at radius 1 is 1.04 bits per heavy atom. The maximum atomic E-state index is 13.6. The number of pyridine rings is 1. The zero-order valence-corrected chi connectivity index (χ0v) is 15.7. The van der Waals surface area contributed by atoms with Crippen LogP contribution in [0.4, 0.5) is 4.39 Å². The minimum Gasteiger partial charge on any atom is -0.352 e. The van der Waals surface area contributed by atoms with E-state index in [2.05, 4.69) is 5.32 Å². The van der Waals surface area contributed by atoms with Gasteiger partial charge in [0, 0.05) is 49.2 Å². The van der Waals surface area contributed by atoms with Crippen LogP contribution in [0.5, 0.6) is 0 Å². The van der Waals surface area contributed by atoms with E-state index >= 15 is 0 Å². The second-order valence-corrected chi connectivity index (χ2v) is 6.91. The minimum atomic E-state index is -0.291. The molecule has 0 unspecified atom stereocenters. The Morgan fingerprint density at radius 3 is 2.64 bits per heavy atom. The van der Waals surface area contributed by atoms with Gasteiger partial charge in [0.2, 0.25) is 0 Å². The predicted octanol–water partition coefficient (Wildman–Crippen LogP) is 3.14. The van der Waals surface area contributed by atoms with E-state index in [1.54, 1.807) is 13.1 Å². The van der Waals surface area contributed by atoms with E-state index in [4.69, 9.17) is 0 Å². The summed E-state index contributed by atoms with van der Waals surface area (Å²) in [5.41, 5.74) is 2.76. The van der Waals surface area contributed by atoms with Crippen molar-refractivity contribution in [3.05, 3.63) is 82.0 Å². The van der Waals surface area contributed by atoms with Crippen molar-refractivity contribution in [1.29, 1.82) is 0 Å². The number of nitrogens with zero attached hydrogens (tertiary/aromatic N) is 2. The highest BCUT2D eigenvalue weighted by Crippen LogP contribution is 2.22. The molecule has 0 spiro atoms. The molecule has 28 heavy (non-hydrogen) atoms. The van der Waals surface area contributed by atoms with Crippen LogP contribution in [0.1, 0.15) is 15.9 Å². The van der Waals surface area contributed by atoms with Crippen LogP contribution >= 0.6 is 0 Å². The molecule has 2 aromatic heterocycles. The van der Waals surface area contributed by atoms with Gasteiger partial charge in [-0.2, -0.15) is 0 Å². The van der Waals surface area contributed by atoms with Crippen LogP contribution in [-0.2, 0) is 20.5 Å². The topological polar surface area (TPSA) is 56.0 Å². The Kier molecular flexibility index (Phi) is 4.47. The van der Waals surface area contributed by atoms with Gasteiger partial charge in [-0.1, -0.05) is 18.2 Å². The lowest BCUT2D eigenvalue weighted by Crippen LogP contribution is -2.28. The third-order valence-electron chi connectivity index (χ3n) is 5.11. The molecule has 0 aliphatic heterocycles. The van der Waals surface area contributed by atoms with Crippen molar-refractivity contribution in [3.8, 4) is 0 Å². The molecule has 0 fully saturated rings. The normalized spacial score (nSPS) is 11.2. The fourth-order valence-electron chi connectivity index (χ4n) is 3.65. The standard InChI is InChI=1S/C22H20FN3O2/c1-25-13-14(17-11-15(23)7-8-19(17)25)9-10-24-22(28)18-12-21(27)26(2)20-6-4-3-5-16(18)20/h3-8,11-13H,9-10H2,1-2H3,(H,24,28). The van der Waals surface area contributed by atoms with Crippen LogP contribution in [0.2, 0.25) is 0 Å². The van der Waals surface area contributed by atoms with E-state index in [0.29, 0.717) is 24.0 Å². The second-order valence-electron chi connectivity index (χ2n) is 6.91. The Balaban J connectivity index is 1.56. The molecule has 0 radical (unpaired) electrons. The van der Waals surface area contributed by atoms with Crippen LogP contribution < -0.4 is 10.9 Å². The molecule has 0 aliphatic carbocycles. The summed E-state index contributed by atoms with van der Waals surface area (Å²) in [7, 11) is 3.60. The van der Waals surface area contributed by atoms with Gasteiger partial charge < -0.3 is 14.5 Å². The highest BCUT2D eigenvalue weighted by molar-refractivity contribution is 6.06. The number of aromatic nitrogens is 2. The summed E-state index contributed by atoms with van der Waals surface area (Å²) >= 11 is 0. The molecule has 0 atom stereocenters. The number of carbonyl (C=O) groups excluding carboxylic acids is 1. The molecular weight excluding hydrogens is 357 g/mol. The molecule has 6 heteroatoms. The average Bonchev–Trinajstić information content (AvgIpc) is 2.99. The number of hydrogen-bond donors (Lipinski definition) is 1. The summed E-state index contributed by atoms with van der Waals surface area (Å²) in [6, 6.07) is 13.4. The maximum Gasteiger partial charge on any atom is 0.252 e. The van der Waals surface area contributed by atoms with E-state index in [-0.39, 0.29) is 17.3 Å². The molecule has 0 saturated heterocycles. The SMILES string of the molecule is Cn1cc(CCNC(=O)c2cc(=O)n(C)c3ccccc23)c2cc(F)ccc21. The Labute approximate surface area is 161 Å². The summed E-state index contributed by atoms with van der Waals surface area (Å²) < 4.78 is 17.1. The molecule has 1 amide bonds. The zero-order valence-electron chi connectivity index (χ0n) is 15.7. The first kappa shape index (κ1) is 18.0. The van der Waals surface area contributed by atoms with Gasteiger partial charge in [0.1, 0.15) is 5.82 Å². The minimum absolute atomic E-state index is 0.228. The van der Waals surface area contributed by atoms with Gasteiger partial charge in [0.05, 0.1) is 11.1 Å². The third-order valence-corrected chi connectivity index (χ3v) is 5.11.